The van der Waals surface area contributed by atoms with Gasteiger partial charge < -0.3 is 15.7 Å². The molecule has 1 aromatic heterocycles. The third-order valence-corrected chi connectivity index (χ3v) is 3.43. The smallest absolute Gasteiger partial charge is 0.330 e. The van der Waals surface area contributed by atoms with Crippen LogP contribution < -0.4 is 10.6 Å². The summed E-state index contributed by atoms with van der Waals surface area (Å²) in [7, 11) is 0. The molecule has 0 saturated heterocycles. The lowest BCUT2D eigenvalue weighted by Gasteiger charge is -2.13. The zero-order valence-electron chi connectivity index (χ0n) is 11.6. The number of aromatic nitrogens is 1. The van der Waals surface area contributed by atoms with Crippen molar-refractivity contribution in [2.24, 2.45) is 0 Å². The number of nitrogens with one attached hydrogen (secondary N) is 2. The summed E-state index contributed by atoms with van der Waals surface area (Å²) in [5.74, 6) is -2.09. The monoisotopic (exact) mass is 319 g/mol. The molecule has 0 aliphatic heterocycles. The lowest BCUT2D eigenvalue weighted by molar-refractivity contribution is -0.139. The van der Waals surface area contributed by atoms with Gasteiger partial charge >= 0.3 is 5.97 Å². The Morgan fingerprint density at radius 2 is 1.91 bits per heavy atom. The van der Waals surface area contributed by atoms with E-state index >= 15 is 0 Å². The zero-order chi connectivity index (χ0) is 16.1. The normalized spacial score (nSPS) is 11.5. The first-order valence-corrected chi connectivity index (χ1v) is 7.17. The van der Waals surface area contributed by atoms with Gasteiger partial charge in [-0.25, -0.2) is 9.78 Å². The standard InChI is InChI=1S/C14H13N3O4S/c1-8(18)15-14-16-10(7-22-14)12(19)17-11(13(20)21)9-5-3-2-4-6-9/h2-7,11H,1H3,(H,17,19)(H,20,21)(H,15,16,18). The maximum absolute atomic E-state index is 12.1. The van der Waals surface area contributed by atoms with Gasteiger partial charge in [0.05, 0.1) is 0 Å². The third-order valence-electron chi connectivity index (χ3n) is 2.68. The summed E-state index contributed by atoms with van der Waals surface area (Å²) >= 11 is 1.09. The minimum atomic E-state index is -1.17. The first-order valence-electron chi connectivity index (χ1n) is 6.29. The quantitative estimate of drug-likeness (QED) is 0.776. The van der Waals surface area contributed by atoms with Crippen molar-refractivity contribution in [2.75, 3.05) is 5.32 Å². The molecule has 2 rings (SSSR count). The molecule has 0 aliphatic carbocycles. The number of benzene rings is 1. The molecule has 1 atom stereocenters. The molecule has 2 amide bonds. The fourth-order valence-corrected chi connectivity index (χ4v) is 2.46. The number of thiazole rings is 1. The number of carboxylic acids is 1. The molecule has 1 heterocycles. The lowest BCUT2D eigenvalue weighted by atomic mass is 10.1. The van der Waals surface area contributed by atoms with Crippen molar-refractivity contribution in [1.29, 1.82) is 0 Å². The second-order valence-corrected chi connectivity index (χ2v) is 5.23. The first-order chi connectivity index (χ1) is 10.5. The van der Waals surface area contributed by atoms with E-state index < -0.39 is 17.9 Å². The fourth-order valence-electron chi connectivity index (χ4n) is 1.72. The highest BCUT2D eigenvalue weighted by Gasteiger charge is 2.23. The molecule has 22 heavy (non-hydrogen) atoms. The fraction of sp³-hybridized carbons (Fsp3) is 0.143. The summed E-state index contributed by atoms with van der Waals surface area (Å²) in [6.45, 7) is 1.33. The number of carbonyl (C=O) groups is 3. The molecule has 3 N–H and O–H groups in total. The van der Waals surface area contributed by atoms with Crippen molar-refractivity contribution in [3.63, 3.8) is 0 Å². The number of rotatable bonds is 5. The maximum atomic E-state index is 12.1. The van der Waals surface area contributed by atoms with E-state index in [0.29, 0.717) is 5.56 Å². The molecule has 2 aromatic rings. The molecule has 0 bridgehead atoms. The van der Waals surface area contributed by atoms with Gasteiger partial charge in [-0.1, -0.05) is 30.3 Å². The number of aliphatic carboxylic acids is 1. The maximum Gasteiger partial charge on any atom is 0.330 e. The number of hydrogen-bond acceptors (Lipinski definition) is 5. The largest absolute Gasteiger partial charge is 0.479 e. The number of hydrogen-bond donors (Lipinski definition) is 3. The highest BCUT2D eigenvalue weighted by molar-refractivity contribution is 7.14. The summed E-state index contributed by atoms with van der Waals surface area (Å²) in [4.78, 5) is 38.3. The van der Waals surface area contributed by atoms with Gasteiger partial charge in [0.2, 0.25) is 5.91 Å². The Labute approximate surface area is 130 Å². The number of carboxylic acid groups (broad SMARTS) is 1. The molecular weight excluding hydrogens is 306 g/mol. The second-order valence-electron chi connectivity index (χ2n) is 4.37. The molecule has 8 heteroatoms. The van der Waals surface area contributed by atoms with Gasteiger partial charge in [-0.15, -0.1) is 11.3 Å². The highest BCUT2D eigenvalue weighted by atomic mass is 32.1. The van der Waals surface area contributed by atoms with E-state index in [1.807, 2.05) is 0 Å². The molecule has 0 radical (unpaired) electrons. The molecule has 7 nitrogen and oxygen atoms in total. The molecular formula is C14H13N3O4S. The SMILES string of the molecule is CC(=O)Nc1nc(C(=O)NC(C(=O)O)c2ccccc2)cs1. The minimum Gasteiger partial charge on any atom is -0.479 e. The van der Waals surface area contributed by atoms with E-state index in [2.05, 4.69) is 15.6 Å². The molecule has 1 unspecified atom stereocenters. The number of anilines is 1. The van der Waals surface area contributed by atoms with E-state index in [1.54, 1.807) is 30.3 Å². The van der Waals surface area contributed by atoms with Crippen LogP contribution in [-0.4, -0.2) is 27.9 Å². The predicted octanol–water partition coefficient (Wildman–Crippen LogP) is 1.66. The molecule has 114 valence electrons. The van der Waals surface area contributed by atoms with Crippen LogP contribution in [0.15, 0.2) is 35.7 Å². The average molecular weight is 319 g/mol. The first kappa shape index (κ1) is 15.6. The van der Waals surface area contributed by atoms with Crippen LogP contribution in [0.3, 0.4) is 0 Å². The average Bonchev–Trinajstić information content (AvgIpc) is 2.93. The van der Waals surface area contributed by atoms with Crippen molar-refractivity contribution >= 4 is 34.3 Å². The van der Waals surface area contributed by atoms with Crippen LogP contribution in [0.25, 0.3) is 0 Å². The summed E-state index contributed by atoms with van der Waals surface area (Å²) in [6, 6.07) is 7.19. The Morgan fingerprint density at radius 3 is 2.50 bits per heavy atom. The second kappa shape index (κ2) is 6.81. The number of amides is 2. The number of nitrogens with zero attached hydrogens (tertiary/aromatic N) is 1. The van der Waals surface area contributed by atoms with Gasteiger partial charge in [-0.3, -0.25) is 9.59 Å². The summed E-state index contributed by atoms with van der Waals surface area (Å²) in [5, 5.41) is 15.9. The topological polar surface area (TPSA) is 108 Å². The molecule has 1 aromatic carbocycles. The Morgan fingerprint density at radius 1 is 1.23 bits per heavy atom. The Kier molecular flexibility index (Phi) is 4.84. The van der Waals surface area contributed by atoms with E-state index in [9.17, 15) is 19.5 Å². The van der Waals surface area contributed by atoms with Crippen LogP contribution in [0.2, 0.25) is 0 Å². The van der Waals surface area contributed by atoms with Crippen molar-refractivity contribution in [3.8, 4) is 0 Å². The van der Waals surface area contributed by atoms with E-state index in [4.69, 9.17) is 0 Å². The Bertz CT molecular complexity index is 699. The molecule has 0 aliphatic rings. The third kappa shape index (κ3) is 3.89. The van der Waals surface area contributed by atoms with Crippen molar-refractivity contribution in [3.05, 3.63) is 47.0 Å². The summed E-state index contributed by atoms with van der Waals surface area (Å²) in [6.07, 6.45) is 0. The van der Waals surface area contributed by atoms with Gasteiger partial charge in [-0.05, 0) is 5.56 Å². The van der Waals surface area contributed by atoms with Crippen molar-refractivity contribution < 1.29 is 19.5 Å². The van der Waals surface area contributed by atoms with Gasteiger partial charge in [0, 0.05) is 12.3 Å². The van der Waals surface area contributed by atoms with Crippen LogP contribution in [0.1, 0.15) is 29.0 Å². The lowest BCUT2D eigenvalue weighted by Crippen LogP contribution is -2.33. The molecule has 0 spiro atoms. The summed E-state index contributed by atoms with van der Waals surface area (Å²) in [5.41, 5.74) is 0.511. The predicted molar refractivity (Wildman–Crippen MR) is 80.7 cm³/mol. The van der Waals surface area contributed by atoms with Crippen LogP contribution in [0.4, 0.5) is 5.13 Å². The highest BCUT2D eigenvalue weighted by Crippen LogP contribution is 2.17. The van der Waals surface area contributed by atoms with Crippen LogP contribution in [-0.2, 0) is 9.59 Å². The van der Waals surface area contributed by atoms with Crippen LogP contribution in [0, 0.1) is 0 Å². The van der Waals surface area contributed by atoms with E-state index in [0.717, 1.165) is 11.3 Å². The van der Waals surface area contributed by atoms with Crippen molar-refractivity contribution in [1.82, 2.24) is 10.3 Å². The van der Waals surface area contributed by atoms with Crippen molar-refractivity contribution in [2.45, 2.75) is 13.0 Å². The van der Waals surface area contributed by atoms with E-state index in [-0.39, 0.29) is 16.7 Å². The zero-order valence-corrected chi connectivity index (χ0v) is 12.4. The Balaban J connectivity index is 2.13. The van der Waals surface area contributed by atoms with Crippen LogP contribution in [0.5, 0.6) is 0 Å². The molecule has 0 fully saturated rings. The van der Waals surface area contributed by atoms with Gasteiger partial charge in [0.1, 0.15) is 5.69 Å². The van der Waals surface area contributed by atoms with E-state index in [1.165, 1.54) is 12.3 Å². The Hall–Kier alpha value is -2.74. The van der Waals surface area contributed by atoms with Crippen LogP contribution >= 0.6 is 11.3 Å². The van der Waals surface area contributed by atoms with Gasteiger partial charge in [-0.2, -0.15) is 0 Å². The molecule has 0 saturated carbocycles. The minimum absolute atomic E-state index is 0.0518. The van der Waals surface area contributed by atoms with Gasteiger partial charge in [0.15, 0.2) is 11.2 Å². The summed E-state index contributed by atoms with van der Waals surface area (Å²) < 4.78 is 0. The van der Waals surface area contributed by atoms with Gasteiger partial charge in [0.25, 0.3) is 5.91 Å². The number of carbonyl (C=O) groups excluding carboxylic acids is 2.